The van der Waals surface area contributed by atoms with E-state index in [1.54, 1.807) is 6.33 Å². The quantitative estimate of drug-likeness (QED) is 0.365. The van der Waals surface area contributed by atoms with Gasteiger partial charge < -0.3 is 15.5 Å². The van der Waals surface area contributed by atoms with E-state index in [9.17, 15) is 0 Å². The molecule has 2 heterocycles. The van der Waals surface area contributed by atoms with Gasteiger partial charge in [0.1, 0.15) is 12.2 Å². The summed E-state index contributed by atoms with van der Waals surface area (Å²) in [5, 5.41) is 20.0. The third-order valence-electron chi connectivity index (χ3n) is 3.51. The van der Waals surface area contributed by atoms with E-state index in [1.807, 2.05) is 24.3 Å². The van der Waals surface area contributed by atoms with Crippen molar-refractivity contribution in [3.05, 3.63) is 47.5 Å². The van der Waals surface area contributed by atoms with Gasteiger partial charge in [0.25, 0.3) is 0 Å². The fourth-order valence-electron chi connectivity index (χ4n) is 2.45. The van der Waals surface area contributed by atoms with Crippen LogP contribution in [-0.2, 0) is 19.6 Å². The lowest BCUT2D eigenvalue weighted by molar-refractivity contribution is 0.208. The van der Waals surface area contributed by atoms with E-state index >= 15 is 0 Å². The molecule has 2 aromatic rings. The summed E-state index contributed by atoms with van der Waals surface area (Å²) in [5.41, 5.74) is 7.52. The van der Waals surface area contributed by atoms with Gasteiger partial charge in [0.05, 0.1) is 6.54 Å². The highest BCUT2D eigenvalue weighted by molar-refractivity contribution is 5.98. The van der Waals surface area contributed by atoms with Crippen molar-refractivity contribution in [2.45, 2.75) is 19.6 Å². The van der Waals surface area contributed by atoms with Crippen molar-refractivity contribution in [2.24, 2.45) is 10.9 Å². The fourth-order valence-corrected chi connectivity index (χ4v) is 2.45. The number of fused-ring (bicyclic) bond motifs is 1. The van der Waals surface area contributed by atoms with E-state index < -0.39 is 0 Å². The molecule has 1 aromatic heterocycles. The molecule has 0 bridgehead atoms. The van der Waals surface area contributed by atoms with Crippen LogP contribution in [0.3, 0.4) is 0 Å². The molecule has 0 radical (unpaired) electrons. The standard InChI is InChI=1S/C13H16N6O/c14-13(17-20)11-4-2-1-3-10(11)7-18-5-6-19-9-15-16-12(19)8-18/h1-4,9,20H,5-8H2,(H2,14,17). The Morgan fingerprint density at radius 3 is 3.05 bits per heavy atom. The SMILES string of the molecule is NC(=NO)c1ccccc1CN1CCn2cnnc2C1. The number of nitrogens with zero attached hydrogens (tertiary/aromatic N) is 5. The first kappa shape index (κ1) is 12.6. The Labute approximate surface area is 116 Å². The van der Waals surface area contributed by atoms with Gasteiger partial charge in [-0.2, -0.15) is 0 Å². The second kappa shape index (κ2) is 5.30. The molecule has 0 aliphatic carbocycles. The summed E-state index contributed by atoms with van der Waals surface area (Å²) in [7, 11) is 0. The minimum atomic E-state index is 0.140. The minimum Gasteiger partial charge on any atom is -0.409 e. The zero-order chi connectivity index (χ0) is 13.9. The van der Waals surface area contributed by atoms with E-state index in [-0.39, 0.29) is 5.84 Å². The summed E-state index contributed by atoms with van der Waals surface area (Å²) >= 11 is 0. The van der Waals surface area contributed by atoms with Crippen LogP contribution in [0.5, 0.6) is 0 Å². The molecule has 1 aromatic carbocycles. The highest BCUT2D eigenvalue weighted by atomic mass is 16.4. The molecule has 0 saturated carbocycles. The molecule has 0 unspecified atom stereocenters. The number of oxime groups is 1. The minimum absolute atomic E-state index is 0.140. The number of hydrogen-bond acceptors (Lipinski definition) is 5. The highest BCUT2D eigenvalue weighted by Crippen LogP contribution is 2.16. The maximum atomic E-state index is 8.85. The van der Waals surface area contributed by atoms with Gasteiger partial charge in [-0.1, -0.05) is 29.4 Å². The van der Waals surface area contributed by atoms with E-state index in [0.717, 1.165) is 43.1 Å². The molecular formula is C13H16N6O. The topological polar surface area (TPSA) is 92.6 Å². The van der Waals surface area contributed by atoms with Gasteiger partial charge in [0, 0.05) is 25.2 Å². The summed E-state index contributed by atoms with van der Waals surface area (Å²) in [5.74, 6) is 1.11. The lowest BCUT2D eigenvalue weighted by atomic mass is 10.1. The molecule has 1 aliphatic rings. The molecule has 7 nitrogen and oxygen atoms in total. The van der Waals surface area contributed by atoms with Crippen molar-refractivity contribution in [2.75, 3.05) is 6.54 Å². The Kier molecular flexibility index (Phi) is 3.34. The number of rotatable bonds is 3. The van der Waals surface area contributed by atoms with Crippen LogP contribution in [0.4, 0.5) is 0 Å². The van der Waals surface area contributed by atoms with Crippen LogP contribution in [0.2, 0.25) is 0 Å². The second-order valence-corrected chi connectivity index (χ2v) is 4.79. The third kappa shape index (κ3) is 2.35. The number of benzene rings is 1. The van der Waals surface area contributed by atoms with Gasteiger partial charge in [0.2, 0.25) is 0 Å². The van der Waals surface area contributed by atoms with Gasteiger partial charge in [-0.15, -0.1) is 10.2 Å². The fraction of sp³-hybridized carbons (Fsp3) is 0.308. The van der Waals surface area contributed by atoms with Crippen LogP contribution in [0.25, 0.3) is 0 Å². The Balaban J connectivity index is 1.79. The van der Waals surface area contributed by atoms with Crippen LogP contribution in [0.1, 0.15) is 17.0 Å². The van der Waals surface area contributed by atoms with Gasteiger partial charge in [0.15, 0.2) is 5.84 Å². The van der Waals surface area contributed by atoms with E-state index in [4.69, 9.17) is 10.9 Å². The van der Waals surface area contributed by atoms with Gasteiger partial charge >= 0.3 is 0 Å². The summed E-state index contributed by atoms with van der Waals surface area (Å²) in [6.45, 7) is 3.30. The lowest BCUT2D eigenvalue weighted by Crippen LogP contribution is -2.33. The smallest absolute Gasteiger partial charge is 0.170 e. The van der Waals surface area contributed by atoms with Gasteiger partial charge in [-0.3, -0.25) is 4.90 Å². The molecule has 0 atom stereocenters. The van der Waals surface area contributed by atoms with Crippen molar-refractivity contribution in [3.8, 4) is 0 Å². The predicted octanol–water partition coefficient (Wildman–Crippen LogP) is 0.388. The predicted molar refractivity (Wildman–Crippen MR) is 73.1 cm³/mol. The van der Waals surface area contributed by atoms with Crippen molar-refractivity contribution >= 4 is 5.84 Å². The normalized spacial score (nSPS) is 16.1. The molecular weight excluding hydrogens is 256 g/mol. The molecule has 0 spiro atoms. The molecule has 1 aliphatic heterocycles. The van der Waals surface area contributed by atoms with Crippen molar-refractivity contribution in [1.29, 1.82) is 0 Å². The maximum Gasteiger partial charge on any atom is 0.170 e. The largest absolute Gasteiger partial charge is 0.409 e. The second-order valence-electron chi connectivity index (χ2n) is 4.79. The number of hydrogen-bond donors (Lipinski definition) is 2. The highest BCUT2D eigenvalue weighted by Gasteiger charge is 2.18. The molecule has 3 rings (SSSR count). The zero-order valence-corrected chi connectivity index (χ0v) is 11.0. The summed E-state index contributed by atoms with van der Waals surface area (Å²) < 4.78 is 2.06. The van der Waals surface area contributed by atoms with Crippen molar-refractivity contribution < 1.29 is 5.21 Å². The first-order valence-electron chi connectivity index (χ1n) is 6.43. The number of aromatic nitrogens is 3. The molecule has 20 heavy (non-hydrogen) atoms. The third-order valence-corrected chi connectivity index (χ3v) is 3.51. The van der Waals surface area contributed by atoms with Crippen LogP contribution in [0.15, 0.2) is 35.7 Å². The first-order chi connectivity index (χ1) is 9.78. The van der Waals surface area contributed by atoms with Crippen LogP contribution in [-0.4, -0.2) is 37.3 Å². The summed E-state index contributed by atoms with van der Waals surface area (Å²) in [6, 6.07) is 7.68. The average molecular weight is 272 g/mol. The van der Waals surface area contributed by atoms with Gasteiger partial charge in [-0.05, 0) is 5.56 Å². The van der Waals surface area contributed by atoms with Crippen molar-refractivity contribution in [1.82, 2.24) is 19.7 Å². The average Bonchev–Trinajstić information content (AvgIpc) is 2.94. The zero-order valence-electron chi connectivity index (χ0n) is 11.0. The Bertz CT molecular complexity index is 635. The molecule has 0 amide bonds. The number of nitrogens with two attached hydrogens (primary N) is 1. The van der Waals surface area contributed by atoms with Crippen LogP contribution < -0.4 is 5.73 Å². The molecule has 7 heteroatoms. The molecule has 104 valence electrons. The monoisotopic (exact) mass is 272 g/mol. The molecule has 3 N–H and O–H groups in total. The van der Waals surface area contributed by atoms with Crippen LogP contribution >= 0.6 is 0 Å². The van der Waals surface area contributed by atoms with Gasteiger partial charge in [-0.25, -0.2) is 0 Å². The van der Waals surface area contributed by atoms with E-state index in [0.29, 0.717) is 0 Å². The first-order valence-corrected chi connectivity index (χ1v) is 6.43. The van der Waals surface area contributed by atoms with E-state index in [1.165, 1.54) is 0 Å². The maximum absolute atomic E-state index is 8.85. The summed E-state index contributed by atoms with van der Waals surface area (Å²) in [6.07, 6.45) is 1.76. The van der Waals surface area contributed by atoms with Crippen LogP contribution in [0, 0.1) is 0 Å². The Hall–Kier alpha value is -2.41. The summed E-state index contributed by atoms with van der Waals surface area (Å²) in [4.78, 5) is 2.27. The molecule has 0 saturated heterocycles. The number of amidine groups is 1. The molecule has 0 fully saturated rings. The van der Waals surface area contributed by atoms with E-state index in [2.05, 4.69) is 24.8 Å². The lowest BCUT2D eigenvalue weighted by Gasteiger charge is -2.27. The Morgan fingerprint density at radius 1 is 1.35 bits per heavy atom. The van der Waals surface area contributed by atoms with Crippen molar-refractivity contribution in [3.63, 3.8) is 0 Å². The Morgan fingerprint density at radius 2 is 2.20 bits per heavy atom.